The highest BCUT2D eigenvalue weighted by Crippen LogP contribution is 2.42. The molecule has 1 amide bonds. The molecular weight excluding hydrogens is 418 g/mol. The van der Waals surface area contributed by atoms with E-state index in [2.05, 4.69) is 38.0 Å². The van der Waals surface area contributed by atoms with Crippen LogP contribution in [0.4, 0.5) is 5.69 Å². The number of fused-ring (bicyclic) bond motifs is 3. The summed E-state index contributed by atoms with van der Waals surface area (Å²) in [5, 5.41) is 3.69. The highest BCUT2D eigenvalue weighted by atomic mass is 32.1. The number of benzene rings is 1. The second-order valence-electron chi connectivity index (χ2n) is 9.91. The first-order valence-electron chi connectivity index (χ1n) is 11.6. The summed E-state index contributed by atoms with van der Waals surface area (Å²) in [4.78, 5) is 33.3. The highest BCUT2D eigenvalue weighted by Gasteiger charge is 2.32. The summed E-state index contributed by atoms with van der Waals surface area (Å²) in [7, 11) is 0. The van der Waals surface area contributed by atoms with E-state index in [0.29, 0.717) is 12.3 Å². The fraction of sp³-hybridized carbons (Fsp3) is 0.500. The molecule has 0 saturated carbocycles. The minimum Gasteiger partial charge on any atom is -0.324 e. The largest absolute Gasteiger partial charge is 0.324 e. The molecule has 2 aromatic heterocycles. The molecule has 2 heterocycles. The van der Waals surface area contributed by atoms with E-state index in [-0.39, 0.29) is 16.9 Å². The normalized spacial score (nSPS) is 17.2. The number of nitrogens with one attached hydrogen (secondary N) is 1. The molecule has 0 saturated heterocycles. The number of nitrogens with zero attached hydrogens (tertiary/aromatic N) is 2. The molecule has 4 rings (SSSR count). The number of amides is 1. The van der Waals surface area contributed by atoms with Crippen molar-refractivity contribution >= 4 is 33.1 Å². The third-order valence-electron chi connectivity index (χ3n) is 6.87. The summed E-state index contributed by atoms with van der Waals surface area (Å²) in [6, 6.07) is 7.26. The number of carbonyl (C=O) groups is 1. The van der Waals surface area contributed by atoms with E-state index < -0.39 is 6.04 Å². The van der Waals surface area contributed by atoms with Gasteiger partial charge in [-0.05, 0) is 66.7 Å². The van der Waals surface area contributed by atoms with Crippen LogP contribution in [0.15, 0.2) is 35.4 Å². The lowest BCUT2D eigenvalue weighted by atomic mass is 9.72. The molecule has 1 N–H and O–H groups in total. The summed E-state index contributed by atoms with van der Waals surface area (Å²) in [6.45, 7) is 10.9. The molecule has 0 fully saturated rings. The van der Waals surface area contributed by atoms with Crippen LogP contribution < -0.4 is 10.9 Å². The van der Waals surface area contributed by atoms with Crippen molar-refractivity contribution in [2.45, 2.75) is 72.8 Å². The number of anilines is 1. The zero-order valence-corrected chi connectivity index (χ0v) is 20.5. The van der Waals surface area contributed by atoms with Gasteiger partial charge in [0, 0.05) is 10.6 Å². The molecule has 1 aliphatic carbocycles. The first kappa shape index (κ1) is 22.7. The Morgan fingerprint density at radius 1 is 1.25 bits per heavy atom. The number of aryl methyl sites for hydroxylation is 2. The molecule has 0 aliphatic heterocycles. The lowest BCUT2D eigenvalue weighted by Crippen LogP contribution is -2.33. The maximum atomic E-state index is 13.5. The second kappa shape index (κ2) is 8.81. The third-order valence-corrected chi connectivity index (χ3v) is 8.04. The van der Waals surface area contributed by atoms with E-state index in [1.807, 2.05) is 31.2 Å². The molecule has 2 atom stereocenters. The van der Waals surface area contributed by atoms with Crippen molar-refractivity contribution in [2.24, 2.45) is 11.3 Å². The van der Waals surface area contributed by atoms with Gasteiger partial charge in [-0.15, -0.1) is 11.3 Å². The Morgan fingerprint density at radius 3 is 2.59 bits per heavy atom. The number of aromatic nitrogens is 2. The molecule has 170 valence electrons. The summed E-state index contributed by atoms with van der Waals surface area (Å²) in [5.74, 6) is 0.426. The fourth-order valence-corrected chi connectivity index (χ4v) is 5.96. The van der Waals surface area contributed by atoms with Crippen molar-refractivity contribution in [3.8, 4) is 0 Å². The first-order valence-corrected chi connectivity index (χ1v) is 12.5. The third kappa shape index (κ3) is 4.25. The Morgan fingerprint density at radius 2 is 1.97 bits per heavy atom. The lowest BCUT2D eigenvalue weighted by Gasteiger charge is -2.33. The average molecular weight is 452 g/mol. The molecule has 2 unspecified atom stereocenters. The summed E-state index contributed by atoms with van der Waals surface area (Å²) in [5.41, 5.74) is 3.28. The topological polar surface area (TPSA) is 64.0 Å². The summed E-state index contributed by atoms with van der Waals surface area (Å²) < 4.78 is 1.53. The van der Waals surface area contributed by atoms with Crippen LogP contribution in [-0.4, -0.2) is 15.5 Å². The van der Waals surface area contributed by atoms with Gasteiger partial charge in [-0.3, -0.25) is 14.2 Å². The van der Waals surface area contributed by atoms with Crippen LogP contribution >= 0.6 is 11.3 Å². The zero-order valence-electron chi connectivity index (χ0n) is 19.7. The number of hydrogen-bond acceptors (Lipinski definition) is 4. The predicted octanol–water partition coefficient (Wildman–Crippen LogP) is 5.76. The van der Waals surface area contributed by atoms with E-state index in [1.165, 1.54) is 15.0 Å². The van der Waals surface area contributed by atoms with E-state index in [9.17, 15) is 9.59 Å². The van der Waals surface area contributed by atoms with Gasteiger partial charge in [0.25, 0.3) is 5.56 Å². The van der Waals surface area contributed by atoms with E-state index >= 15 is 0 Å². The number of rotatable bonds is 5. The van der Waals surface area contributed by atoms with Gasteiger partial charge in [0.2, 0.25) is 5.91 Å². The minimum absolute atomic E-state index is 0.0926. The lowest BCUT2D eigenvalue weighted by molar-refractivity contribution is -0.119. The van der Waals surface area contributed by atoms with Gasteiger partial charge in [-0.2, -0.15) is 0 Å². The predicted molar refractivity (Wildman–Crippen MR) is 133 cm³/mol. The Labute approximate surface area is 193 Å². The standard InChI is InChI=1S/C26H33N3O2S/c1-6-16-8-11-18(12-9-16)28-23(30)20(7-2)29-15-27-24-22(25(29)31)19-13-10-17(26(3,4)5)14-21(19)32-24/h8-9,11-12,15,17,20H,6-7,10,13-14H2,1-5H3,(H,28,30). The first-order chi connectivity index (χ1) is 15.2. The van der Waals surface area contributed by atoms with Crippen LogP contribution in [0.25, 0.3) is 10.2 Å². The SMILES string of the molecule is CCc1ccc(NC(=O)C(CC)n2cnc3sc4c(c3c2=O)CCC(C(C)(C)C)C4)cc1. The second-order valence-corrected chi connectivity index (χ2v) is 11.0. The number of carbonyl (C=O) groups excluding carboxylic acids is 1. The van der Waals surface area contributed by atoms with Gasteiger partial charge in [0.05, 0.1) is 11.7 Å². The van der Waals surface area contributed by atoms with Crippen molar-refractivity contribution in [1.82, 2.24) is 9.55 Å². The molecule has 0 bridgehead atoms. The van der Waals surface area contributed by atoms with Gasteiger partial charge in [0.15, 0.2) is 0 Å². The molecule has 3 aromatic rings. The fourth-order valence-electron chi connectivity index (χ4n) is 4.70. The number of thiophene rings is 1. The van der Waals surface area contributed by atoms with Gasteiger partial charge in [-0.1, -0.05) is 46.8 Å². The highest BCUT2D eigenvalue weighted by molar-refractivity contribution is 7.18. The molecule has 0 spiro atoms. The maximum Gasteiger partial charge on any atom is 0.263 e. The Balaban J connectivity index is 1.65. The summed E-state index contributed by atoms with van der Waals surface area (Å²) >= 11 is 1.65. The molecule has 6 heteroatoms. The van der Waals surface area contributed by atoms with Crippen molar-refractivity contribution in [3.05, 3.63) is 57.0 Å². The zero-order chi connectivity index (χ0) is 23.0. The molecular formula is C26H33N3O2S. The van der Waals surface area contributed by atoms with Crippen molar-refractivity contribution in [1.29, 1.82) is 0 Å². The molecule has 1 aliphatic rings. The monoisotopic (exact) mass is 451 g/mol. The molecule has 1 aromatic carbocycles. The molecule has 5 nitrogen and oxygen atoms in total. The quantitative estimate of drug-likeness (QED) is 0.536. The van der Waals surface area contributed by atoms with Crippen LogP contribution in [-0.2, 0) is 24.1 Å². The average Bonchev–Trinajstić information content (AvgIpc) is 3.14. The minimum atomic E-state index is -0.591. The van der Waals surface area contributed by atoms with E-state index in [1.54, 1.807) is 17.7 Å². The Kier molecular flexibility index (Phi) is 6.26. The van der Waals surface area contributed by atoms with Crippen LogP contribution in [0.5, 0.6) is 0 Å². The smallest absolute Gasteiger partial charge is 0.263 e. The van der Waals surface area contributed by atoms with Crippen LogP contribution in [0.2, 0.25) is 0 Å². The van der Waals surface area contributed by atoms with Crippen LogP contribution in [0, 0.1) is 11.3 Å². The van der Waals surface area contributed by atoms with Gasteiger partial charge in [-0.25, -0.2) is 4.98 Å². The maximum absolute atomic E-state index is 13.5. The van der Waals surface area contributed by atoms with Gasteiger partial charge in [0.1, 0.15) is 10.9 Å². The van der Waals surface area contributed by atoms with Crippen LogP contribution in [0.3, 0.4) is 0 Å². The van der Waals surface area contributed by atoms with Crippen LogP contribution in [0.1, 0.15) is 69.5 Å². The van der Waals surface area contributed by atoms with E-state index in [4.69, 9.17) is 0 Å². The Hall–Kier alpha value is -2.47. The Bertz CT molecular complexity index is 1180. The van der Waals surface area contributed by atoms with Gasteiger partial charge >= 0.3 is 0 Å². The molecule has 0 radical (unpaired) electrons. The van der Waals surface area contributed by atoms with Gasteiger partial charge < -0.3 is 5.32 Å². The van der Waals surface area contributed by atoms with Crippen molar-refractivity contribution < 1.29 is 4.79 Å². The van der Waals surface area contributed by atoms with E-state index in [0.717, 1.165) is 47.2 Å². The van der Waals surface area contributed by atoms with Crippen molar-refractivity contribution in [2.75, 3.05) is 5.32 Å². The van der Waals surface area contributed by atoms with Crippen molar-refractivity contribution in [3.63, 3.8) is 0 Å². The summed E-state index contributed by atoms with van der Waals surface area (Å²) in [6.07, 6.45) is 6.03. The number of hydrogen-bond donors (Lipinski definition) is 1. The molecule has 32 heavy (non-hydrogen) atoms.